The first kappa shape index (κ1) is 15.4. The Balaban J connectivity index is 2.22. The lowest BCUT2D eigenvalue weighted by Crippen LogP contribution is -2.07. The summed E-state index contributed by atoms with van der Waals surface area (Å²) in [6.07, 6.45) is -5.22. The fraction of sp³-hybridized carbons (Fsp3) is 0.250. The number of benzene rings is 2. The quantitative estimate of drug-likeness (QED) is 0.924. The molecule has 2 nitrogen and oxygen atoms in total. The fourth-order valence-corrected chi connectivity index (χ4v) is 2.15. The maximum absolute atomic E-state index is 12.7. The summed E-state index contributed by atoms with van der Waals surface area (Å²) >= 11 is 0. The first-order chi connectivity index (χ1) is 9.91. The van der Waals surface area contributed by atoms with E-state index >= 15 is 0 Å². The third-order valence-corrected chi connectivity index (χ3v) is 3.18. The van der Waals surface area contributed by atoms with Crippen molar-refractivity contribution in [2.24, 2.45) is 0 Å². The van der Waals surface area contributed by atoms with Crippen LogP contribution in [0.2, 0.25) is 0 Å². The minimum atomic E-state index is -4.38. The lowest BCUT2D eigenvalue weighted by Gasteiger charge is -2.15. The molecule has 0 radical (unpaired) electrons. The van der Waals surface area contributed by atoms with E-state index in [4.69, 9.17) is 4.74 Å². The van der Waals surface area contributed by atoms with Crippen LogP contribution in [0, 0.1) is 0 Å². The average molecular weight is 296 g/mol. The van der Waals surface area contributed by atoms with Gasteiger partial charge in [-0.1, -0.05) is 36.4 Å². The van der Waals surface area contributed by atoms with E-state index in [2.05, 4.69) is 0 Å². The normalized spacial score (nSPS) is 13.0. The second-order valence-corrected chi connectivity index (χ2v) is 4.66. The second kappa shape index (κ2) is 6.18. The highest BCUT2D eigenvalue weighted by molar-refractivity contribution is 5.36. The van der Waals surface area contributed by atoms with Crippen molar-refractivity contribution >= 4 is 0 Å². The van der Waals surface area contributed by atoms with E-state index in [1.54, 1.807) is 30.3 Å². The zero-order chi connectivity index (χ0) is 15.5. The lowest BCUT2D eigenvalue weighted by atomic mass is 9.99. The monoisotopic (exact) mass is 296 g/mol. The Hall–Kier alpha value is -2.01. The van der Waals surface area contributed by atoms with Gasteiger partial charge in [0.05, 0.1) is 18.8 Å². The summed E-state index contributed by atoms with van der Waals surface area (Å²) in [7, 11) is 1.48. The van der Waals surface area contributed by atoms with Crippen LogP contribution in [0.4, 0.5) is 13.2 Å². The van der Waals surface area contributed by atoms with Gasteiger partial charge >= 0.3 is 6.18 Å². The molecule has 0 aliphatic heterocycles. The summed E-state index contributed by atoms with van der Waals surface area (Å²) in [6, 6.07) is 11.9. The standard InChI is InChI=1S/C16H15F3O2/c1-21-15-8-3-2-7-13(15)14(20)10-11-5-4-6-12(9-11)16(17,18)19/h2-9,14,20H,10H2,1H3. The molecular formula is C16H15F3O2. The van der Waals surface area contributed by atoms with Crippen LogP contribution < -0.4 is 4.74 Å². The Kier molecular flexibility index (Phi) is 4.53. The predicted molar refractivity (Wildman–Crippen MR) is 73.1 cm³/mol. The zero-order valence-corrected chi connectivity index (χ0v) is 11.4. The molecule has 0 saturated carbocycles. The van der Waals surface area contributed by atoms with Gasteiger partial charge in [0.25, 0.3) is 0 Å². The summed E-state index contributed by atoms with van der Waals surface area (Å²) < 4.78 is 43.1. The summed E-state index contributed by atoms with van der Waals surface area (Å²) in [4.78, 5) is 0. The molecule has 1 atom stereocenters. The van der Waals surface area contributed by atoms with Crippen LogP contribution in [0.1, 0.15) is 22.8 Å². The van der Waals surface area contributed by atoms with Gasteiger partial charge in [0.15, 0.2) is 0 Å². The smallest absolute Gasteiger partial charge is 0.416 e. The number of rotatable bonds is 4. The highest BCUT2D eigenvalue weighted by atomic mass is 19.4. The van der Waals surface area contributed by atoms with Crippen molar-refractivity contribution < 1.29 is 23.0 Å². The van der Waals surface area contributed by atoms with Gasteiger partial charge in [-0.3, -0.25) is 0 Å². The van der Waals surface area contributed by atoms with Gasteiger partial charge in [0.2, 0.25) is 0 Å². The van der Waals surface area contributed by atoms with E-state index in [0.717, 1.165) is 12.1 Å². The van der Waals surface area contributed by atoms with Crippen LogP contribution in [-0.2, 0) is 12.6 Å². The van der Waals surface area contributed by atoms with E-state index in [0.29, 0.717) is 16.9 Å². The number of aliphatic hydroxyl groups excluding tert-OH is 1. The molecule has 0 bridgehead atoms. The highest BCUT2D eigenvalue weighted by Crippen LogP contribution is 2.31. The lowest BCUT2D eigenvalue weighted by molar-refractivity contribution is -0.137. The number of hydrogen-bond acceptors (Lipinski definition) is 2. The predicted octanol–water partition coefficient (Wildman–Crippen LogP) is 3.99. The first-order valence-electron chi connectivity index (χ1n) is 6.39. The van der Waals surface area contributed by atoms with E-state index in [1.807, 2.05) is 0 Å². The number of alkyl halides is 3. The molecule has 1 N–H and O–H groups in total. The molecule has 2 aromatic carbocycles. The molecule has 2 rings (SSSR count). The Bertz CT molecular complexity index is 608. The Labute approximate surface area is 120 Å². The molecule has 2 aromatic rings. The second-order valence-electron chi connectivity index (χ2n) is 4.66. The van der Waals surface area contributed by atoms with Crippen molar-refractivity contribution in [2.75, 3.05) is 7.11 Å². The molecule has 1 unspecified atom stereocenters. The Morgan fingerprint density at radius 1 is 1.10 bits per heavy atom. The zero-order valence-electron chi connectivity index (χ0n) is 11.4. The van der Waals surface area contributed by atoms with Gasteiger partial charge < -0.3 is 9.84 Å². The topological polar surface area (TPSA) is 29.5 Å². The third kappa shape index (κ3) is 3.76. The molecule has 5 heteroatoms. The molecule has 0 aliphatic rings. The molecule has 0 fully saturated rings. The average Bonchev–Trinajstić information content (AvgIpc) is 2.46. The van der Waals surface area contributed by atoms with E-state index in [-0.39, 0.29) is 6.42 Å². The van der Waals surface area contributed by atoms with Gasteiger partial charge in [-0.15, -0.1) is 0 Å². The number of aliphatic hydroxyl groups is 1. The van der Waals surface area contributed by atoms with Crippen molar-refractivity contribution in [1.29, 1.82) is 0 Å². The summed E-state index contributed by atoms with van der Waals surface area (Å²) in [5, 5.41) is 10.2. The Morgan fingerprint density at radius 2 is 1.81 bits per heavy atom. The van der Waals surface area contributed by atoms with Crippen LogP contribution in [0.25, 0.3) is 0 Å². The number of methoxy groups -OCH3 is 1. The summed E-state index contributed by atoms with van der Waals surface area (Å²) in [6.45, 7) is 0. The minimum absolute atomic E-state index is 0.0876. The van der Waals surface area contributed by atoms with Crippen molar-refractivity contribution in [2.45, 2.75) is 18.7 Å². The number of halogens is 3. The molecular weight excluding hydrogens is 281 g/mol. The summed E-state index contributed by atoms with van der Waals surface area (Å²) in [5.74, 6) is 0.511. The number of para-hydroxylation sites is 1. The van der Waals surface area contributed by atoms with Crippen LogP contribution in [-0.4, -0.2) is 12.2 Å². The number of hydrogen-bond donors (Lipinski definition) is 1. The maximum atomic E-state index is 12.7. The SMILES string of the molecule is COc1ccccc1C(O)Cc1cccc(C(F)(F)F)c1. The Morgan fingerprint density at radius 3 is 2.48 bits per heavy atom. The van der Waals surface area contributed by atoms with Crippen molar-refractivity contribution in [3.05, 3.63) is 65.2 Å². The molecule has 0 spiro atoms. The maximum Gasteiger partial charge on any atom is 0.416 e. The van der Waals surface area contributed by atoms with Gasteiger partial charge in [0.1, 0.15) is 5.75 Å². The van der Waals surface area contributed by atoms with E-state index < -0.39 is 17.8 Å². The van der Waals surface area contributed by atoms with Gasteiger partial charge in [-0.25, -0.2) is 0 Å². The summed E-state index contributed by atoms with van der Waals surface area (Å²) in [5.41, 5.74) is 0.257. The largest absolute Gasteiger partial charge is 0.496 e. The molecule has 0 aromatic heterocycles. The molecule has 0 saturated heterocycles. The first-order valence-corrected chi connectivity index (χ1v) is 6.39. The van der Waals surface area contributed by atoms with Gasteiger partial charge in [-0.2, -0.15) is 13.2 Å². The van der Waals surface area contributed by atoms with Crippen molar-refractivity contribution in [3.63, 3.8) is 0 Å². The minimum Gasteiger partial charge on any atom is -0.496 e. The molecule has 0 heterocycles. The molecule has 21 heavy (non-hydrogen) atoms. The van der Waals surface area contributed by atoms with Crippen molar-refractivity contribution in [1.82, 2.24) is 0 Å². The number of ether oxygens (including phenoxy) is 1. The van der Waals surface area contributed by atoms with E-state index in [9.17, 15) is 18.3 Å². The van der Waals surface area contributed by atoms with Crippen LogP contribution in [0.15, 0.2) is 48.5 Å². The molecule has 0 aliphatic carbocycles. The molecule has 112 valence electrons. The highest BCUT2D eigenvalue weighted by Gasteiger charge is 2.30. The van der Waals surface area contributed by atoms with Crippen molar-refractivity contribution in [3.8, 4) is 5.75 Å². The van der Waals surface area contributed by atoms with Crippen LogP contribution >= 0.6 is 0 Å². The third-order valence-electron chi connectivity index (χ3n) is 3.18. The van der Waals surface area contributed by atoms with Crippen LogP contribution in [0.3, 0.4) is 0 Å². The molecule has 0 amide bonds. The van der Waals surface area contributed by atoms with Gasteiger partial charge in [-0.05, 0) is 17.7 Å². The van der Waals surface area contributed by atoms with E-state index in [1.165, 1.54) is 13.2 Å². The van der Waals surface area contributed by atoms with Gasteiger partial charge in [0, 0.05) is 12.0 Å². The fourth-order valence-electron chi connectivity index (χ4n) is 2.15. The van der Waals surface area contributed by atoms with Crippen LogP contribution in [0.5, 0.6) is 5.75 Å².